The molecule has 1 unspecified atom stereocenters. The smallest absolute Gasteiger partial charge is 0.0551 e. The molecule has 0 fully saturated rings. The van der Waals surface area contributed by atoms with Gasteiger partial charge in [0.05, 0.1) is 6.04 Å². The van der Waals surface area contributed by atoms with E-state index in [9.17, 15) is 0 Å². The summed E-state index contributed by atoms with van der Waals surface area (Å²) in [6, 6.07) is 71.1. The molecule has 0 saturated heterocycles. The molecule has 0 radical (unpaired) electrons. The molecule has 0 bridgehead atoms. The molecule has 1 heterocycles. The molecular formula is C59H51N3S. The Hall–Kier alpha value is -7.34. The van der Waals surface area contributed by atoms with Crippen molar-refractivity contribution >= 4 is 58.6 Å². The zero-order valence-electron chi connectivity index (χ0n) is 35.7. The van der Waals surface area contributed by atoms with Crippen LogP contribution in [0.15, 0.2) is 231 Å². The van der Waals surface area contributed by atoms with Gasteiger partial charge in [0, 0.05) is 25.6 Å². The lowest BCUT2D eigenvalue weighted by Gasteiger charge is -2.13. The molecule has 10 rings (SSSR count). The quantitative estimate of drug-likeness (QED) is 0.105. The summed E-state index contributed by atoms with van der Waals surface area (Å²) in [5.74, 6) is 0. The van der Waals surface area contributed by atoms with Crippen LogP contribution in [0.4, 0.5) is 0 Å². The predicted octanol–water partition coefficient (Wildman–Crippen LogP) is 15.1. The maximum Gasteiger partial charge on any atom is 0.0551 e. The molecular weight excluding hydrogens is 783 g/mol. The highest BCUT2D eigenvalue weighted by molar-refractivity contribution is 7.27. The average Bonchev–Trinajstić information content (AvgIpc) is 3.76. The second kappa shape index (κ2) is 20.0. The molecule has 3 nitrogen and oxygen atoms in total. The van der Waals surface area contributed by atoms with Crippen LogP contribution in [-0.2, 0) is 0 Å². The second-order valence-electron chi connectivity index (χ2n) is 15.2. The molecule has 308 valence electrons. The molecule has 10 aromatic rings. The highest BCUT2D eigenvalue weighted by Gasteiger charge is 2.15. The van der Waals surface area contributed by atoms with Gasteiger partial charge in [-0.15, -0.1) is 11.3 Å². The third-order valence-electron chi connectivity index (χ3n) is 11.3. The SMILES string of the molecule is C/C=C/C(=C\C=C/N)c1cccc(-c2cccc(-c3ccc4c(c3)sc3c5ccccc5c5ccccc5c43)c2)c1.CN.NC(c1ccccc1)c1ccc(-c2ccccc2)cc1. The first-order chi connectivity index (χ1) is 31.1. The molecule has 6 N–H and O–H groups in total. The summed E-state index contributed by atoms with van der Waals surface area (Å²) in [4.78, 5) is 0. The number of hydrogen-bond acceptors (Lipinski definition) is 4. The first kappa shape index (κ1) is 42.4. The third-order valence-corrected chi connectivity index (χ3v) is 12.5. The molecule has 63 heavy (non-hydrogen) atoms. The minimum atomic E-state index is -0.0685. The summed E-state index contributed by atoms with van der Waals surface area (Å²) in [7, 11) is 1.50. The Morgan fingerprint density at radius 3 is 1.65 bits per heavy atom. The number of benzene rings is 9. The van der Waals surface area contributed by atoms with Gasteiger partial charge in [0.25, 0.3) is 0 Å². The largest absolute Gasteiger partial charge is 0.405 e. The van der Waals surface area contributed by atoms with E-state index in [4.69, 9.17) is 11.5 Å². The summed E-state index contributed by atoms with van der Waals surface area (Å²) in [5.41, 5.74) is 28.3. The van der Waals surface area contributed by atoms with E-state index in [-0.39, 0.29) is 6.04 Å². The fourth-order valence-corrected chi connectivity index (χ4v) is 9.59. The molecule has 0 amide bonds. The first-order valence-electron chi connectivity index (χ1n) is 21.3. The van der Waals surface area contributed by atoms with Crippen molar-refractivity contribution in [3.05, 3.63) is 247 Å². The van der Waals surface area contributed by atoms with Gasteiger partial charge in [-0.25, -0.2) is 0 Å². The summed E-state index contributed by atoms with van der Waals surface area (Å²) in [6.45, 7) is 2.03. The standard InChI is InChI=1S/C39H29NS.C19H17N.CH5N/c1-2-10-26(15-9-22-40)27-11-7-12-28(23-27)29-13-8-14-30(24-29)31-20-21-36-37(25-31)41-39-35-19-6-4-17-33(35)32-16-3-5-18-34(32)38(36)39;20-19(17-9-5-2-6-10-17)18-13-11-16(12-14-18)15-7-3-1-4-8-15;1-2/h2-25H,40H2,1H3;1-14,19H,20H2;2H2,1H3/b10-2+,22-9-,26-15+;;. The number of nitrogens with two attached hydrogens (primary N) is 3. The predicted molar refractivity (Wildman–Crippen MR) is 276 cm³/mol. The number of allylic oxidation sites excluding steroid dienone is 5. The van der Waals surface area contributed by atoms with E-state index in [0.29, 0.717) is 0 Å². The Bertz CT molecular complexity index is 3210. The Balaban J connectivity index is 0.000000207. The topological polar surface area (TPSA) is 78.1 Å². The monoisotopic (exact) mass is 833 g/mol. The van der Waals surface area contributed by atoms with Crippen LogP contribution >= 0.6 is 11.3 Å². The van der Waals surface area contributed by atoms with Crippen molar-refractivity contribution in [3.8, 4) is 33.4 Å². The normalized spacial score (nSPS) is 12.1. The fourth-order valence-electron chi connectivity index (χ4n) is 8.29. The Morgan fingerprint density at radius 2 is 0.984 bits per heavy atom. The van der Waals surface area contributed by atoms with E-state index in [0.717, 1.165) is 22.3 Å². The van der Waals surface area contributed by atoms with Crippen molar-refractivity contribution in [3.63, 3.8) is 0 Å². The van der Waals surface area contributed by atoms with Crippen molar-refractivity contribution in [2.75, 3.05) is 7.05 Å². The molecule has 0 spiro atoms. The van der Waals surface area contributed by atoms with E-state index >= 15 is 0 Å². The van der Waals surface area contributed by atoms with E-state index in [1.54, 1.807) is 6.20 Å². The summed E-state index contributed by atoms with van der Waals surface area (Å²) < 4.78 is 2.69. The molecule has 9 aromatic carbocycles. The fraction of sp³-hybridized carbons (Fsp3) is 0.0508. The average molecular weight is 834 g/mol. The highest BCUT2D eigenvalue weighted by Crippen LogP contribution is 2.45. The van der Waals surface area contributed by atoms with Crippen LogP contribution in [-0.4, -0.2) is 7.05 Å². The summed E-state index contributed by atoms with van der Waals surface area (Å²) in [5, 5.41) is 8.00. The molecule has 0 aliphatic rings. The van der Waals surface area contributed by atoms with Crippen LogP contribution in [0.1, 0.15) is 29.7 Å². The van der Waals surface area contributed by atoms with Gasteiger partial charge in [-0.1, -0.05) is 200 Å². The van der Waals surface area contributed by atoms with E-state index in [1.165, 1.54) is 82.1 Å². The summed E-state index contributed by atoms with van der Waals surface area (Å²) >= 11 is 1.90. The van der Waals surface area contributed by atoms with Gasteiger partial charge in [0.15, 0.2) is 0 Å². The zero-order valence-corrected chi connectivity index (χ0v) is 36.5. The van der Waals surface area contributed by atoms with Crippen molar-refractivity contribution in [1.29, 1.82) is 0 Å². The molecule has 1 atom stereocenters. The van der Waals surface area contributed by atoms with Crippen molar-refractivity contribution in [2.45, 2.75) is 13.0 Å². The van der Waals surface area contributed by atoms with E-state index < -0.39 is 0 Å². The van der Waals surface area contributed by atoms with Crippen LogP contribution in [0, 0.1) is 0 Å². The first-order valence-corrected chi connectivity index (χ1v) is 22.1. The number of fused-ring (bicyclic) bond motifs is 8. The van der Waals surface area contributed by atoms with Gasteiger partial charge in [-0.05, 0) is 116 Å². The molecule has 4 heteroatoms. The molecule has 0 aliphatic heterocycles. The van der Waals surface area contributed by atoms with Gasteiger partial charge >= 0.3 is 0 Å². The highest BCUT2D eigenvalue weighted by atomic mass is 32.1. The van der Waals surface area contributed by atoms with Gasteiger partial charge in [-0.3, -0.25) is 0 Å². The molecule has 0 saturated carbocycles. The van der Waals surface area contributed by atoms with Crippen LogP contribution in [0.3, 0.4) is 0 Å². The van der Waals surface area contributed by atoms with Gasteiger partial charge in [0.1, 0.15) is 0 Å². The lowest BCUT2D eigenvalue weighted by atomic mass is 9.95. The van der Waals surface area contributed by atoms with Crippen LogP contribution in [0.5, 0.6) is 0 Å². The molecule has 1 aromatic heterocycles. The van der Waals surface area contributed by atoms with Crippen molar-refractivity contribution in [1.82, 2.24) is 0 Å². The van der Waals surface area contributed by atoms with Crippen molar-refractivity contribution in [2.24, 2.45) is 17.2 Å². The summed E-state index contributed by atoms with van der Waals surface area (Å²) in [6.07, 6.45) is 9.65. The van der Waals surface area contributed by atoms with E-state index in [2.05, 4.69) is 194 Å². The number of hydrogen-bond donors (Lipinski definition) is 3. The lowest BCUT2D eigenvalue weighted by Crippen LogP contribution is -2.11. The zero-order chi connectivity index (χ0) is 43.5. The lowest BCUT2D eigenvalue weighted by molar-refractivity contribution is 0.872. The number of thiophene rings is 1. The third kappa shape index (κ3) is 9.16. The van der Waals surface area contributed by atoms with Gasteiger partial charge < -0.3 is 17.2 Å². The van der Waals surface area contributed by atoms with Crippen LogP contribution < -0.4 is 17.2 Å². The maximum atomic E-state index is 6.31. The maximum absolute atomic E-state index is 6.31. The Labute approximate surface area is 374 Å². The van der Waals surface area contributed by atoms with Crippen molar-refractivity contribution < 1.29 is 0 Å². The second-order valence-corrected chi connectivity index (χ2v) is 16.2. The van der Waals surface area contributed by atoms with E-state index in [1.807, 2.05) is 54.7 Å². The van der Waals surface area contributed by atoms with Crippen LogP contribution in [0.2, 0.25) is 0 Å². The minimum absolute atomic E-state index is 0.0685. The van der Waals surface area contributed by atoms with Gasteiger partial charge in [-0.2, -0.15) is 0 Å². The van der Waals surface area contributed by atoms with Gasteiger partial charge in [0.2, 0.25) is 0 Å². The number of rotatable bonds is 8. The Kier molecular flexibility index (Phi) is 13.5. The molecule has 0 aliphatic carbocycles. The minimum Gasteiger partial charge on any atom is -0.405 e. The Morgan fingerprint density at radius 1 is 0.476 bits per heavy atom. The van der Waals surface area contributed by atoms with Crippen LogP contribution in [0.25, 0.3) is 80.7 Å².